The number of fused-ring (bicyclic) bond motifs is 1. The van der Waals surface area contributed by atoms with Crippen molar-refractivity contribution in [2.24, 2.45) is 0 Å². The lowest BCUT2D eigenvalue weighted by Crippen LogP contribution is -2.20. The first kappa shape index (κ1) is 25.9. The van der Waals surface area contributed by atoms with Crippen molar-refractivity contribution < 1.29 is 22.7 Å². The standard InChI is InChI=1S/C25H27N3O5S3/c1-32-18-12-8-17(9-13-18)28-36(30,31)19-14-10-16(11-15-19)26-25(34)27-23-22(24(29)33-2)20-6-4-3-5-7-21(20)35-23/h8-15,28H,3-7H2,1-2H3,(H2,26,27,34). The zero-order chi connectivity index (χ0) is 25.7. The van der Waals surface area contributed by atoms with Crippen LogP contribution in [0.4, 0.5) is 16.4 Å². The van der Waals surface area contributed by atoms with E-state index in [1.807, 2.05) is 0 Å². The van der Waals surface area contributed by atoms with Gasteiger partial charge in [-0.15, -0.1) is 11.3 Å². The average Bonchev–Trinajstić information content (AvgIpc) is 3.03. The first-order valence-corrected chi connectivity index (χ1v) is 14.1. The highest BCUT2D eigenvalue weighted by Gasteiger charge is 2.25. The number of nitrogens with one attached hydrogen (secondary N) is 3. The van der Waals surface area contributed by atoms with Crippen LogP contribution in [0.15, 0.2) is 53.4 Å². The van der Waals surface area contributed by atoms with Gasteiger partial charge < -0.3 is 20.1 Å². The van der Waals surface area contributed by atoms with Gasteiger partial charge in [-0.3, -0.25) is 4.72 Å². The molecule has 3 aromatic rings. The quantitative estimate of drug-likeness (QED) is 0.205. The smallest absolute Gasteiger partial charge is 0.341 e. The van der Waals surface area contributed by atoms with Gasteiger partial charge in [0.2, 0.25) is 0 Å². The van der Waals surface area contributed by atoms with E-state index in [0.29, 0.717) is 32.8 Å². The molecule has 0 amide bonds. The van der Waals surface area contributed by atoms with Crippen LogP contribution in [0.3, 0.4) is 0 Å². The molecule has 8 nitrogen and oxygen atoms in total. The highest BCUT2D eigenvalue weighted by atomic mass is 32.2. The van der Waals surface area contributed by atoms with Crippen LogP contribution in [0, 0.1) is 0 Å². The normalized spacial score (nSPS) is 13.2. The second-order valence-electron chi connectivity index (χ2n) is 8.20. The number of hydrogen-bond donors (Lipinski definition) is 3. The Kier molecular flexibility index (Phi) is 8.12. The Balaban J connectivity index is 1.44. The third-order valence-corrected chi connectivity index (χ3v) is 8.61. The van der Waals surface area contributed by atoms with Crippen molar-refractivity contribution in [3.8, 4) is 5.75 Å². The second-order valence-corrected chi connectivity index (χ2v) is 11.4. The Morgan fingerprint density at radius 3 is 2.25 bits per heavy atom. The van der Waals surface area contributed by atoms with Gasteiger partial charge in [0.25, 0.3) is 10.0 Å². The molecule has 2 aromatic carbocycles. The summed E-state index contributed by atoms with van der Waals surface area (Å²) < 4.78 is 38.2. The minimum Gasteiger partial charge on any atom is -0.497 e. The molecule has 0 aliphatic heterocycles. The van der Waals surface area contributed by atoms with Crippen LogP contribution in [0.1, 0.15) is 40.1 Å². The maximum Gasteiger partial charge on any atom is 0.341 e. The zero-order valence-electron chi connectivity index (χ0n) is 19.9. The molecular formula is C25H27N3O5S3. The van der Waals surface area contributed by atoms with E-state index in [1.54, 1.807) is 43.5 Å². The number of hydrogen-bond acceptors (Lipinski definition) is 7. The molecule has 1 aromatic heterocycles. The second kappa shape index (κ2) is 11.3. The molecule has 0 bridgehead atoms. The number of ether oxygens (including phenoxy) is 2. The maximum absolute atomic E-state index is 12.7. The van der Waals surface area contributed by atoms with Crippen LogP contribution >= 0.6 is 23.6 Å². The van der Waals surface area contributed by atoms with Crippen molar-refractivity contribution in [1.82, 2.24) is 0 Å². The van der Waals surface area contributed by atoms with Crippen LogP contribution in [0.25, 0.3) is 0 Å². The summed E-state index contributed by atoms with van der Waals surface area (Å²) in [7, 11) is -0.844. The van der Waals surface area contributed by atoms with Gasteiger partial charge in [-0.25, -0.2) is 13.2 Å². The van der Waals surface area contributed by atoms with Crippen molar-refractivity contribution in [1.29, 1.82) is 0 Å². The summed E-state index contributed by atoms with van der Waals surface area (Å²) in [6.07, 6.45) is 5.06. The van der Waals surface area contributed by atoms with Gasteiger partial charge in [-0.1, -0.05) is 6.42 Å². The Morgan fingerprint density at radius 1 is 0.917 bits per heavy atom. The number of carbonyl (C=O) groups excluding carboxylic acids is 1. The molecule has 0 atom stereocenters. The van der Waals surface area contributed by atoms with Gasteiger partial charge in [0.05, 0.1) is 24.7 Å². The molecule has 11 heteroatoms. The Bertz CT molecular complexity index is 1350. The van der Waals surface area contributed by atoms with E-state index >= 15 is 0 Å². The Labute approximate surface area is 220 Å². The summed E-state index contributed by atoms with van der Waals surface area (Å²) in [5, 5.41) is 7.15. The van der Waals surface area contributed by atoms with Gasteiger partial charge in [-0.2, -0.15) is 0 Å². The molecule has 1 aliphatic carbocycles. The van der Waals surface area contributed by atoms with Crippen molar-refractivity contribution in [3.05, 3.63) is 64.5 Å². The first-order chi connectivity index (χ1) is 17.3. The number of esters is 1. The molecule has 0 radical (unpaired) electrons. The predicted octanol–water partition coefficient (Wildman–Crippen LogP) is 5.42. The monoisotopic (exact) mass is 545 g/mol. The Morgan fingerprint density at radius 2 is 1.58 bits per heavy atom. The summed E-state index contributed by atoms with van der Waals surface area (Å²) in [4.78, 5) is 13.8. The molecule has 0 unspecified atom stereocenters. The van der Waals surface area contributed by atoms with Crippen LogP contribution < -0.4 is 20.1 Å². The molecule has 1 heterocycles. The first-order valence-electron chi connectivity index (χ1n) is 11.4. The molecule has 1 aliphatic rings. The molecule has 0 spiro atoms. The highest BCUT2D eigenvalue weighted by Crippen LogP contribution is 2.38. The van der Waals surface area contributed by atoms with Gasteiger partial charge in [0.15, 0.2) is 5.11 Å². The van der Waals surface area contributed by atoms with Gasteiger partial charge >= 0.3 is 5.97 Å². The summed E-state index contributed by atoms with van der Waals surface area (Å²) in [6.45, 7) is 0. The molecule has 0 saturated carbocycles. The lowest BCUT2D eigenvalue weighted by molar-refractivity contribution is 0.0601. The number of methoxy groups -OCH3 is 2. The summed E-state index contributed by atoms with van der Waals surface area (Å²) in [6, 6.07) is 12.8. The van der Waals surface area contributed by atoms with Gasteiger partial charge in [0, 0.05) is 16.3 Å². The summed E-state index contributed by atoms with van der Waals surface area (Å²) >= 11 is 7.00. The van der Waals surface area contributed by atoms with Gasteiger partial charge in [0.1, 0.15) is 10.8 Å². The number of carbonyl (C=O) groups is 1. The van der Waals surface area contributed by atoms with E-state index < -0.39 is 10.0 Å². The van der Waals surface area contributed by atoms with Crippen molar-refractivity contribution in [3.63, 3.8) is 0 Å². The number of anilines is 3. The molecular weight excluding hydrogens is 518 g/mol. The third kappa shape index (κ3) is 5.97. The molecule has 4 rings (SSSR count). The van der Waals surface area contributed by atoms with Crippen LogP contribution in [0.2, 0.25) is 0 Å². The van der Waals surface area contributed by atoms with Crippen LogP contribution in [-0.2, 0) is 27.6 Å². The fraction of sp³-hybridized carbons (Fsp3) is 0.280. The van der Waals surface area contributed by atoms with Crippen molar-refractivity contribution in [2.75, 3.05) is 29.6 Å². The number of thiophene rings is 1. The third-order valence-electron chi connectivity index (χ3n) is 5.80. The lowest BCUT2D eigenvalue weighted by Gasteiger charge is -2.12. The molecule has 0 saturated heterocycles. The van der Waals surface area contributed by atoms with E-state index in [2.05, 4.69) is 15.4 Å². The lowest BCUT2D eigenvalue weighted by atomic mass is 10.1. The number of benzene rings is 2. The molecule has 0 fully saturated rings. The number of rotatable bonds is 7. The maximum atomic E-state index is 12.7. The predicted molar refractivity (Wildman–Crippen MR) is 147 cm³/mol. The number of thiocarbonyl (C=S) groups is 1. The van der Waals surface area contributed by atoms with E-state index in [-0.39, 0.29) is 10.9 Å². The molecule has 190 valence electrons. The highest BCUT2D eigenvalue weighted by molar-refractivity contribution is 7.92. The van der Waals surface area contributed by atoms with Crippen LogP contribution in [0.5, 0.6) is 5.75 Å². The topological polar surface area (TPSA) is 106 Å². The minimum absolute atomic E-state index is 0.109. The van der Waals surface area contributed by atoms with E-state index in [9.17, 15) is 13.2 Å². The Hall–Kier alpha value is -3.15. The SMILES string of the molecule is COC(=O)c1c(NC(=S)Nc2ccc(S(=O)(=O)Nc3ccc(OC)cc3)cc2)sc2c1CCCCC2. The van der Waals surface area contributed by atoms with E-state index in [0.717, 1.165) is 37.7 Å². The van der Waals surface area contributed by atoms with Crippen molar-refractivity contribution >= 4 is 61.0 Å². The van der Waals surface area contributed by atoms with E-state index in [4.69, 9.17) is 21.7 Å². The number of sulfonamides is 1. The fourth-order valence-corrected chi connectivity index (χ4v) is 6.63. The fourth-order valence-electron chi connectivity index (χ4n) is 4.00. The molecule has 36 heavy (non-hydrogen) atoms. The minimum atomic E-state index is -3.77. The average molecular weight is 546 g/mol. The van der Waals surface area contributed by atoms with E-state index in [1.165, 1.54) is 35.5 Å². The largest absolute Gasteiger partial charge is 0.497 e. The van der Waals surface area contributed by atoms with Gasteiger partial charge in [-0.05, 0) is 92.0 Å². The number of aryl methyl sites for hydroxylation is 1. The zero-order valence-corrected chi connectivity index (χ0v) is 22.4. The summed E-state index contributed by atoms with van der Waals surface area (Å²) in [5.41, 5.74) is 2.64. The summed E-state index contributed by atoms with van der Waals surface area (Å²) in [5.74, 6) is 0.258. The van der Waals surface area contributed by atoms with Crippen molar-refractivity contribution in [2.45, 2.75) is 37.0 Å². The molecule has 3 N–H and O–H groups in total. The van der Waals surface area contributed by atoms with Crippen LogP contribution in [-0.4, -0.2) is 33.7 Å².